The fourth-order valence-corrected chi connectivity index (χ4v) is 1.08. The Labute approximate surface area is 83.7 Å². The summed E-state index contributed by atoms with van der Waals surface area (Å²) in [5, 5.41) is 9.19. The molecule has 1 aromatic carbocycles. The summed E-state index contributed by atoms with van der Waals surface area (Å²) in [6.07, 6.45) is -4.91. The van der Waals surface area contributed by atoms with Crippen molar-refractivity contribution >= 4 is 0 Å². The van der Waals surface area contributed by atoms with Crippen LogP contribution < -0.4 is 0 Å². The average Bonchev–Trinajstić information content (AvgIpc) is 2.14. The Kier molecular flexibility index (Phi) is 3.14. The summed E-state index contributed by atoms with van der Waals surface area (Å²) in [6.45, 7) is 3.20. The van der Waals surface area contributed by atoms with Crippen LogP contribution in [0.4, 0.5) is 17.6 Å². The zero-order chi connectivity index (χ0) is 11.6. The fraction of sp³-hybridized carbons (Fsp3) is 0.200. The maximum atomic E-state index is 12.8. The molecule has 0 amide bonds. The van der Waals surface area contributed by atoms with Gasteiger partial charge in [0, 0.05) is 0 Å². The molecule has 0 heterocycles. The number of alkyl halides is 3. The highest BCUT2D eigenvalue weighted by Crippen LogP contribution is 2.31. The van der Waals surface area contributed by atoms with Crippen LogP contribution in [0.15, 0.2) is 30.9 Å². The van der Waals surface area contributed by atoms with E-state index in [-0.39, 0.29) is 5.56 Å². The number of aliphatic hydroxyl groups excluding tert-OH is 1. The van der Waals surface area contributed by atoms with Gasteiger partial charge in [-0.15, -0.1) is 6.58 Å². The van der Waals surface area contributed by atoms with Crippen LogP contribution in [-0.2, 0) is 6.18 Å². The molecule has 0 radical (unpaired) electrons. The third kappa shape index (κ3) is 2.79. The summed E-state index contributed by atoms with van der Waals surface area (Å²) in [6, 6.07) is 1.90. The molecule has 1 N–H and O–H groups in total. The van der Waals surface area contributed by atoms with E-state index < -0.39 is 23.7 Å². The zero-order valence-corrected chi connectivity index (χ0v) is 7.55. The van der Waals surface area contributed by atoms with E-state index in [9.17, 15) is 22.7 Å². The Morgan fingerprint density at radius 2 is 1.87 bits per heavy atom. The van der Waals surface area contributed by atoms with Crippen LogP contribution in [0.25, 0.3) is 0 Å². The Morgan fingerprint density at radius 1 is 1.27 bits per heavy atom. The standard InChI is InChI=1S/C10H8F4O/c1-2-9(15)6-3-7(10(12,13)14)5-8(11)4-6/h2-5,9,15H,1H2. The lowest BCUT2D eigenvalue weighted by Crippen LogP contribution is -2.07. The smallest absolute Gasteiger partial charge is 0.384 e. The van der Waals surface area contributed by atoms with Gasteiger partial charge in [0.05, 0.1) is 11.7 Å². The lowest BCUT2D eigenvalue weighted by molar-refractivity contribution is -0.137. The molecule has 0 aliphatic heterocycles. The predicted octanol–water partition coefficient (Wildman–Crippen LogP) is 3.06. The highest BCUT2D eigenvalue weighted by atomic mass is 19.4. The van der Waals surface area contributed by atoms with Crippen LogP contribution in [0.5, 0.6) is 0 Å². The van der Waals surface area contributed by atoms with Gasteiger partial charge < -0.3 is 5.11 Å². The Hall–Kier alpha value is -1.36. The highest BCUT2D eigenvalue weighted by molar-refractivity contribution is 5.29. The van der Waals surface area contributed by atoms with E-state index in [4.69, 9.17) is 0 Å². The topological polar surface area (TPSA) is 20.2 Å². The first-order chi connectivity index (χ1) is 6.84. The van der Waals surface area contributed by atoms with Crippen LogP contribution in [0.3, 0.4) is 0 Å². The summed E-state index contributed by atoms with van der Waals surface area (Å²) in [5.41, 5.74) is -1.30. The normalized spacial score (nSPS) is 13.7. The summed E-state index contributed by atoms with van der Waals surface area (Å²) in [5.74, 6) is -1.04. The predicted molar refractivity (Wildman–Crippen MR) is 46.6 cm³/mol. The largest absolute Gasteiger partial charge is 0.416 e. The molecule has 15 heavy (non-hydrogen) atoms. The van der Waals surface area contributed by atoms with Gasteiger partial charge in [0.2, 0.25) is 0 Å². The third-order valence-electron chi connectivity index (χ3n) is 1.81. The van der Waals surface area contributed by atoms with Gasteiger partial charge in [-0.1, -0.05) is 6.08 Å². The van der Waals surface area contributed by atoms with Gasteiger partial charge in [-0.25, -0.2) is 4.39 Å². The molecule has 1 rings (SSSR count). The van der Waals surface area contributed by atoms with Gasteiger partial charge in [-0.3, -0.25) is 0 Å². The van der Waals surface area contributed by atoms with E-state index in [1.165, 1.54) is 0 Å². The monoisotopic (exact) mass is 220 g/mol. The molecule has 0 bridgehead atoms. The van der Waals surface area contributed by atoms with Crippen LogP contribution in [-0.4, -0.2) is 5.11 Å². The van der Waals surface area contributed by atoms with Gasteiger partial charge in [0.25, 0.3) is 0 Å². The van der Waals surface area contributed by atoms with Crippen molar-refractivity contribution in [1.29, 1.82) is 0 Å². The first-order valence-corrected chi connectivity index (χ1v) is 4.03. The lowest BCUT2D eigenvalue weighted by Gasteiger charge is -2.11. The van der Waals surface area contributed by atoms with Crippen LogP contribution in [0, 0.1) is 5.82 Å². The molecule has 1 aromatic rings. The van der Waals surface area contributed by atoms with Crippen molar-refractivity contribution in [2.75, 3.05) is 0 Å². The van der Waals surface area contributed by atoms with E-state index >= 15 is 0 Å². The maximum absolute atomic E-state index is 12.8. The van der Waals surface area contributed by atoms with E-state index in [0.29, 0.717) is 12.1 Å². The van der Waals surface area contributed by atoms with E-state index in [1.807, 2.05) is 0 Å². The molecule has 1 nitrogen and oxygen atoms in total. The van der Waals surface area contributed by atoms with Crippen molar-refractivity contribution in [3.63, 3.8) is 0 Å². The Balaban J connectivity index is 3.22. The highest BCUT2D eigenvalue weighted by Gasteiger charge is 2.31. The van der Waals surface area contributed by atoms with Crippen LogP contribution in [0.2, 0.25) is 0 Å². The minimum absolute atomic E-state index is 0.169. The maximum Gasteiger partial charge on any atom is 0.416 e. The molecule has 0 fully saturated rings. The van der Waals surface area contributed by atoms with Gasteiger partial charge in [0.15, 0.2) is 0 Å². The van der Waals surface area contributed by atoms with Crippen molar-refractivity contribution in [2.45, 2.75) is 12.3 Å². The van der Waals surface area contributed by atoms with Gasteiger partial charge in [-0.05, 0) is 23.8 Å². The molecule has 0 saturated carbocycles. The second-order valence-corrected chi connectivity index (χ2v) is 2.95. The fourth-order valence-electron chi connectivity index (χ4n) is 1.08. The van der Waals surface area contributed by atoms with Crippen molar-refractivity contribution in [1.82, 2.24) is 0 Å². The number of aliphatic hydroxyl groups is 1. The molecule has 0 aliphatic carbocycles. The minimum atomic E-state index is -4.63. The summed E-state index contributed by atoms with van der Waals surface area (Å²) in [7, 11) is 0. The van der Waals surface area contributed by atoms with Gasteiger partial charge in [-0.2, -0.15) is 13.2 Å². The quantitative estimate of drug-likeness (QED) is 0.599. The molecule has 0 saturated heterocycles. The van der Waals surface area contributed by atoms with E-state index in [1.54, 1.807) is 0 Å². The van der Waals surface area contributed by atoms with E-state index in [0.717, 1.165) is 12.1 Å². The van der Waals surface area contributed by atoms with Crippen molar-refractivity contribution in [3.8, 4) is 0 Å². The molecule has 5 heteroatoms. The molecular weight excluding hydrogens is 212 g/mol. The number of hydrogen-bond donors (Lipinski definition) is 1. The van der Waals surface area contributed by atoms with Gasteiger partial charge >= 0.3 is 6.18 Å². The zero-order valence-electron chi connectivity index (χ0n) is 7.55. The second-order valence-electron chi connectivity index (χ2n) is 2.95. The third-order valence-corrected chi connectivity index (χ3v) is 1.81. The first-order valence-electron chi connectivity index (χ1n) is 4.03. The van der Waals surface area contributed by atoms with Crippen molar-refractivity contribution in [3.05, 3.63) is 47.8 Å². The lowest BCUT2D eigenvalue weighted by atomic mass is 10.1. The average molecular weight is 220 g/mol. The van der Waals surface area contributed by atoms with Crippen molar-refractivity contribution < 1.29 is 22.7 Å². The molecule has 1 unspecified atom stereocenters. The van der Waals surface area contributed by atoms with E-state index in [2.05, 4.69) is 6.58 Å². The van der Waals surface area contributed by atoms with Gasteiger partial charge in [0.1, 0.15) is 5.82 Å². The Morgan fingerprint density at radius 3 is 2.33 bits per heavy atom. The molecule has 0 spiro atoms. The number of halogens is 4. The number of rotatable bonds is 2. The van der Waals surface area contributed by atoms with Crippen LogP contribution >= 0.6 is 0 Å². The van der Waals surface area contributed by atoms with Crippen molar-refractivity contribution in [2.24, 2.45) is 0 Å². The van der Waals surface area contributed by atoms with Crippen LogP contribution in [0.1, 0.15) is 17.2 Å². The summed E-state index contributed by atoms with van der Waals surface area (Å²) in [4.78, 5) is 0. The SMILES string of the molecule is C=CC(O)c1cc(F)cc(C(F)(F)F)c1. The summed E-state index contributed by atoms with van der Waals surface area (Å²) >= 11 is 0. The summed E-state index contributed by atoms with van der Waals surface area (Å²) < 4.78 is 49.5. The molecule has 0 aromatic heterocycles. The molecule has 0 aliphatic rings. The minimum Gasteiger partial charge on any atom is -0.384 e. The molecule has 1 atom stereocenters. The molecule has 82 valence electrons. The molecular formula is C10H8F4O. The second kappa shape index (κ2) is 4.02. The first kappa shape index (κ1) is 11.7. The number of benzene rings is 1. The number of hydrogen-bond acceptors (Lipinski definition) is 1. The Bertz CT molecular complexity index is 370.